The number of sulfonamides is 1. The third kappa shape index (κ3) is 2.61. The molecule has 0 fully saturated rings. The predicted octanol–water partition coefficient (Wildman–Crippen LogP) is 0.937. The monoisotopic (exact) mass is 296 g/mol. The second kappa shape index (κ2) is 5.02. The van der Waals surface area contributed by atoms with Gasteiger partial charge in [-0.2, -0.15) is 0 Å². The van der Waals surface area contributed by atoms with Gasteiger partial charge in [-0.15, -0.1) is 11.3 Å². The van der Waals surface area contributed by atoms with Crippen molar-refractivity contribution in [2.75, 3.05) is 11.4 Å². The van der Waals surface area contributed by atoms with Crippen molar-refractivity contribution in [2.45, 2.75) is 4.21 Å². The molecule has 0 radical (unpaired) electrons. The Kier molecular flexibility index (Phi) is 3.59. The van der Waals surface area contributed by atoms with E-state index in [4.69, 9.17) is 0 Å². The molecule has 0 amide bonds. The highest BCUT2D eigenvalue weighted by Crippen LogP contribution is 2.25. The first-order chi connectivity index (χ1) is 8.93. The van der Waals surface area contributed by atoms with E-state index in [1.54, 1.807) is 11.4 Å². The Balaban J connectivity index is 2.34. The maximum Gasteiger partial charge on any atom is 0.273 e. The summed E-state index contributed by atoms with van der Waals surface area (Å²) < 4.78 is 25.8. The molecule has 5 nitrogen and oxygen atoms in total. The molecule has 0 N–H and O–H groups in total. The van der Waals surface area contributed by atoms with E-state index in [1.807, 2.05) is 0 Å². The van der Waals surface area contributed by atoms with Crippen LogP contribution in [0.1, 0.15) is 10.4 Å². The Morgan fingerprint density at radius 2 is 1.84 bits per heavy atom. The summed E-state index contributed by atoms with van der Waals surface area (Å²) in [5.74, 6) is -1.30. The molecule has 1 aromatic heterocycles. The van der Waals surface area contributed by atoms with E-state index in [1.165, 1.54) is 37.4 Å². The quantitative estimate of drug-likeness (QED) is 0.841. The van der Waals surface area contributed by atoms with Gasteiger partial charge in [-0.3, -0.25) is 4.31 Å². The predicted molar refractivity (Wildman–Crippen MR) is 70.7 cm³/mol. The Labute approximate surface area is 114 Å². The number of carbonyl (C=O) groups is 1. The summed E-state index contributed by atoms with van der Waals surface area (Å²) in [6, 6.07) is 8.65. The molecule has 0 aliphatic carbocycles. The van der Waals surface area contributed by atoms with Gasteiger partial charge in [0.25, 0.3) is 10.0 Å². The maximum atomic E-state index is 12.2. The lowest BCUT2D eigenvalue weighted by atomic mass is 10.2. The fourth-order valence-corrected chi connectivity index (χ4v) is 3.85. The lowest BCUT2D eigenvalue weighted by Gasteiger charge is -2.18. The summed E-state index contributed by atoms with van der Waals surface area (Å²) in [5, 5.41) is 12.3. The van der Waals surface area contributed by atoms with Crippen molar-refractivity contribution in [3.05, 3.63) is 47.3 Å². The van der Waals surface area contributed by atoms with Gasteiger partial charge in [-0.25, -0.2) is 8.42 Å². The first-order valence-electron chi connectivity index (χ1n) is 5.27. The summed E-state index contributed by atoms with van der Waals surface area (Å²) in [4.78, 5) is 10.6. The summed E-state index contributed by atoms with van der Waals surface area (Å²) >= 11 is 1.13. The molecule has 100 valence electrons. The average Bonchev–Trinajstić information content (AvgIpc) is 2.92. The molecule has 1 heterocycles. The topological polar surface area (TPSA) is 77.5 Å². The number of benzene rings is 1. The second-order valence-corrected chi connectivity index (χ2v) is 6.88. The molecule has 0 saturated heterocycles. The van der Waals surface area contributed by atoms with Crippen molar-refractivity contribution in [2.24, 2.45) is 0 Å². The number of hydrogen-bond acceptors (Lipinski definition) is 5. The molecule has 0 spiro atoms. The molecular formula is C12H10NO4S2-. The minimum absolute atomic E-state index is 0.00525. The Bertz CT molecular complexity index is 675. The first kappa shape index (κ1) is 13.6. The van der Waals surface area contributed by atoms with Gasteiger partial charge in [0, 0.05) is 7.05 Å². The fraction of sp³-hybridized carbons (Fsp3) is 0.0833. The van der Waals surface area contributed by atoms with Crippen LogP contribution in [-0.2, 0) is 10.0 Å². The van der Waals surface area contributed by atoms with Crippen molar-refractivity contribution in [3.8, 4) is 0 Å². The van der Waals surface area contributed by atoms with E-state index in [-0.39, 0.29) is 9.77 Å². The van der Waals surface area contributed by atoms with Gasteiger partial charge >= 0.3 is 0 Å². The van der Waals surface area contributed by atoms with Crippen LogP contribution >= 0.6 is 11.3 Å². The Morgan fingerprint density at radius 3 is 2.32 bits per heavy atom. The van der Waals surface area contributed by atoms with E-state index in [0.717, 1.165) is 15.6 Å². The fourth-order valence-electron chi connectivity index (χ4n) is 1.49. The summed E-state index contributed by atoms with van der Waals surface area (Å²) in [6.45, 7) is 0. The van der Waals surface area contributed by atoms with Gasteiger partial charge in [0.2, 0.25) is 0 Å². The van der Waals surface area contributed by atoms with Crippen molar-refractivity contribution < 1.29 is 18.3 Å². The van der Waals surface area contributed by atoms with Crippen LogP contribution in [0.25, 0.3) is 0 Å². The lowest BCUT2D eigenvalue weighted by molar-refractivity contribution is -0.255. The number of nitrogens with zero attached hydrogens (tertiary/aromatic N) is 1. The third-order valence-electron chi connectivity index (χ3n) is 2.58. The van der Waals surface area contributed by atoms with Crippen LogP contribution in [0.15, 0.2) is 46.0 Å². The van der Waals surface area contributed by atoms with Crippen molar-refractivity contribution >= 4 is 33.0 Å². The van der Waals surface area contributed by atoms with Gasteiger partial charge in [0.15, 0.2) is 0 Å². The molecule has 0 atom stereocenters. The van der Waals surface area contributed by atoms with E-state index in [0.29, 0.717) is 5.69 Å². The van der Waals surface area contributed by atoms with E-state index < -0.39 is 16.0 Å². The molecule has 0 saturated carbocycles. The van der Waals surface area contributed by atoms with Crippen molar-refractivity contribution in [1.82, 2.24) is 0 Å². The third-order valence-corrected chi connectivity index (χ3v) is 5.74. The number of anilines is 1. The van der Waals surface area contributed by atoms with Gasteiger partial charge in [0.05, 0.1) is 11.7 Å². The highest BCUT2D eigenvalue weighted by atomic mass is 32.2. The molecular weight excluding hydrogens is 286 g/mol. The van der Waals surface area contributed by atoms with E-state index >= 15 is 0 Å². The zero-order valence-corrected chi connectivity index (χ0v) is 11.6. The molecule has 2 rings (SSSR count). The molecule has 0 unspecified atom stereocenters. The van der Waals surface area contributed by atoms with E-state index in [2.05, 4.69) is 0 Å². The van der Waals surface area contributed by atoms with Gasteiger partial charge in [-0.05, 0) is 29.1 Å². The van der Waals surface area contributed by atoms with Crippen LogP contribution in [0.3, 0.4) is 0 Å². The minimum atomic E-state index is -3.59. The minimum Gasteiger partial charge on any atom is -0.545 e. The summed E-state index contributed by atoms with van der Waals surface area (Å²) in [6.07, 6.45) is 0. The highest BCUT2D eigenvalue weighted by Gasteiger charge is 2.21. The summed E-state index contributed by atoms with van der Waals surface area (Å²) in [5.41, 5.74) is 0.393. The highest BCUT2D eigenvalue weighted by molar-refractivity contribution is 7.94. The molecule has 7 heteroatoms. The molecule has 1 aromatic carbocycles. The molecule has 0 bridgehead atoms. The van der Waals surface area contributed by atoms with Gasteiger partial charge in [0.1, 0.15) is 4.21 Å². The molecule has 19 heavy (non-hydrogen) atoms. The van der Waals surface area contributed by atoms with Crippen LogP contribution in [-0.4, -0.2) is 21.4 Å². The number of rotatable bonds is 4. The SMILES string of the molecule is CN(c1ccc(C(=O)[O-])cc1)S(=O)(=O)c1cccs1. The maximum absolute atomic E-state index is 12.2. The smallest absolute Gasteiger partial charge is 0.273 e. The summed E-state index contributed by atoms with van der Waals surface area (Å²) in [7, 11) is -2.17. The number of thiophene rings is 1. The lowest BCUT2D eigenvalue weighted by Crippen LogP contribution is -2.26. The normalized spacial score (nSPS) is 11.2. The number of carbonyl (C=O) groups excluding carboxylic acids is 1. The zero-order valence-electron chi connectivity index (χ0n) is 9.94. The zero-order chi connectivity index (χ0) is 14.0. The Morgan fingerprint density at radius 1 is 1.21 bits per heavy atom. The number of hydrogen-bond donors (Lipinski definition) is 0. The first-order valence-corrected chi connectivity index (χ1v) is 7.59. The number of aromatic carboxylic acids is 1. The molecule has 0 aliphatic heterocycles. The van der Waals surface area contributed by atoms with Crippen LogP contribution in [0.2, 0.25) is 0 Å². The van der Waals surface area contributed by atoms with Crippen LogP contribution in [0.5, 0.6) is 0 Å². The molecule has 0 aliphatic rings. The van der Waals surface area contributed by atoms with Crippen LogP contribution in [0.4, 0.5) is 5.69 Å². The average molecular weight is 296 g/mol. The van der Waals surface area contributed by atoms with Crippen molar-refractivity contribution in [1.29, 1.82) is 0 Å². The van der Waals surface area contributed by atoms with Crippen molar-refractivity contribution in [3.63, 3.8) is 0 Å². The second-order valence-electron chi connectivity index (χ2n) is 3.74. The number of carboxylic acid groups (broad SMARTS) is 1. The largest absolute Gasteiger partial charge is 0.545 e. The number of carboxylic acids is 1. The van der Waals surface area contributed by atoms with Crippen LogP contribution in [0, 0.1) is 0 Å². The van der Waals surface area contributed by atoms with Crippen LogP contribution < -0.4 is 9.41 Å². The Hall–Kier alpha value is -1.86. The standard InChI is InChI=1S/C12H11NO4S2/c1-13(19(16,17)11-3-2-8-18-11)10-6-4-9(5-7-10)12(14)15/h2-8H,1H3,(H,14,15)/p-1. The van der Waals surface area contributed by atoms with Gasteiger partial charge in [-0.1, -0.05) is 18.2 Å². The van der Waals surface area contributed by atoms with E-state index in [9.17, 15) is 18.3 Å². The van der Waals surface area contributed by atoms with Gasteiger partial charge < -0.3 is 9.90 Å². The molecule has 2 aromatic rings.